The van der Waals surface area contributed by atoms with Crippen molar-refractivity contribution in [3.63, 3.8) is 0 Å². The Hall–Kier alpha value is -3.55. The Balaban J connectivity index is 1.57. The van der Waals surface area contributed by atoms with Gasteiger partial charge in [0.15, 0.2) is 0 Å². The minimum Gasteiger partial charge on any atom is -0.363 e. The topological polar surface area (TPSA) is 82.5 Å². The minimum absolute atomic E-state index is 0.0124. The number of likely N-dealkylation sites (tertiary alicyclic amines) is 1. The minimum atomic E-state index is -0.0124. The quantitative estimate of drug-likeness (QED) is 0.599. The molecule has 2 aromatic heterocycles. The average Bonchev–Trinajstić information content (AvgIpc) is 2.83. The molecule has 0 N–H and O–H groups in total. The van der Waals surface area contributed by atoms with Crippen molar-refractivity contribution in [1.29, 1.82) is 0 Å². The fraction of sp³-hybridized carbons (Fsp3) is 0.400. The Morgan fingerprint density at radius 1 is 1.12 bits per heavy atom. The number of anilines is 1. The molecule has 0 saturated carbocycles. The van der Waals surface area contributed by atoms with Gasteiger partial charge in [0.1, 0.15) is 11.6 Å². The van der Waals surface area contributed by atoms with Crippen LogP contribution in [0.25, 0.3) is 10.9 Å². The lowest BCUT2D eigenvalue weighted by atomic mass is 9.96. The van der Waals surface area contributed by atoms with Crippen LogP contribution < -0.4 is 4.90 Å². The number of piperidine rings is 1. The largest absolute Gasteiger partial charge is 0.363 e. The molecule has 1 aliphatic rings. The van der Waals surface area contributed by atoms with Gasteiger partial charge in [-0.05, 0) is 37.1 Å². The molecule has 33 heavy (non-hydrogen) atoms. The van der Waals surface area contributed by atoms with Crippen molar-refractivity contribution in [2.75, 3.05) is 39.1 Å². The number of amides is 2. The zero-order valence-electron chi connectivity index (χ0n) is 19.7. The van der Waals surface area contributed by atoms with Crippen molar-refractivity contribution in [2.24, 2.45) is 0 Å². The first-order chi connectivity index (χ1) is 15.8. The maximum atomic E-state index is 13.3. The van der Waals surface area contributed by atoms with E-state index in [0.29, 0.717) is 25.2 Å². The van der Waals surface area contributed by atoms with Gasteiger partial charge in [0, 0.05) is 70.3 Å². The standard InChI is InChI=1S/C25H30N6O2/c1-17(32)30(4)16-21-14-23(29(2)3)28-24(27-21)20-8-6-12-31(15-20)25(33)19-9-10-22-18(13-19)7-5-11-26-22/h5,7,9-11,13-14,20H,6,8,12,15-16H2,1-4H3/t20-/m1/s1. The SMILES string of the molecule is CC(=O)N(C)Cc1cc(N(C)C)nc([C@@H]2CCCN(C(=O)c3ccc4ncccc4c3)C2)n1. The molecule has 1 saturated heterocycles. The van der Waals surface area contributed by atoms with Crippen LogP contribution in [0.15, 0.2) is 42.6 Å². The van der Waals surface area contributed by atoms with Crippen LogP contribution in [-0.2, 0) is 11.3 Å². The molecule has 8 heteroatoms. The Morgan fingerprint density at radius 3 is 2.70 bits per heavy atom. The number of nitrogens with zero attached hydrogens (tertiary/aromatic N) is 6. The Kier molecular flexibility index (Phi) is 6.53. The first-order valence-corrected chi connectivity index (χ1v) is 11.2. The summed E-state index contributed by atoms with van der Waals surface area (Å²) in [6.45, 7) is 3.26. The second-order valence-corrected chi connectivity index (χ2v) is 8.85. The number of benzene rings is 1. The molecule has 172 valence electrons. The molecule has 8 nitrogen and oxygen atoms in total. The second kappa shape index (κ2) is 9.52. The molecule has 0 aliphatic carbocycles. The first-order valence-electron chi connectivity index (χ1n) is 11.2. The van der Waals surface area contributed by atoms with Gasteiger partial charge in [0.2, 0.25) is 5.91 Å². The zero-order valence-corrected chi connectivity index (χ0v) is 19.7. The number of fused-ring (bicyclic) bond motifs is 1. The van der Waals surface area contributed by atoms with Gasteiger partial charge in [-0.15, -0.1) is 0 Å². The van der Waals surface area contributed by atoms with Crippen molar-refractivity contribution in [3.8, 4) is 0 Å². The summed E-state index contributed by atoms with van der Waals surface area (Å²) in [5.74, 6) is 1.59. The average molecular weight is 447 g/mol. The van der Waals surface area contributed by atoms with Crippen LogP contribution >= 0.6 is 0 Å². The lowest BCUT2D eigenvalue weighted by Gasteiger charge is -2.32. The number of carbonyl (C=O) groups excluding carboxylic acids is 2. The van der Waals surface area contributed by atoms with Crippen molar-refractivity contribution >= 4 is 28.5 Å². The number of pyridine rings is 1. The smallest absolute Gasteiger partial charge is 0.253 e. The Bertz CT molecular complexity index is 1180. The monoisotopic (exact) mass is 446 g/mol. The fourth-order valence-corrected chi connectivity index (χ4v) is 4.11. The van der Waals surface area contributed by atoms with Crippen molar-refractivity contribution in [3.05, 3.63) is 59.7 Å². The van der Waals surface area contributed by atoms with E-state index in [2.05, 4.69) is 4.98 Å². The molecule has 1 atom stereocenters. The van der Waals surface area contributed by atoms with E-state index < -0.39 is 0 Å². The number of hydrogen-bond donors (Lipinski definition) is 0. The van der Waals surface area contributed by atoms with Gasteiger partial charge in [0.25, 0.3) is 5.91 Å². The predicted octanol–water partition coefficient (Wildman–Crippen LogP) is 3.09. The summed E-state index contributed by atoms with van der Waals surface area (Å²) >= 11 is 0. The van der Waals surface area contributed by atoms with E-state index in [1.165, 1.54) is 0 Å². The molecule has 1 aromatic carbocycles. The second-order valence-electron chi connectivity index (χ2n) is 8.85. The molecule has 0 bridgehead atoms. The molecule has 3 aromatic rings. The van der Waals surface area contributed by atoms with E-state index in [4.69, 9.17) is 9.97 Å². The van der Waals surface area contributed by atoms with Crippen molar-refractivity contribution in [1.82, 2.24) is 24.8 Å². The lowest BCUT2D eigenvalue weighted by molar-refractivity contribution is -0.128. The Labute approximate surface area is 194 Å². The summed E-state index contributed by atoms with van der Waals surface area (Å²) in [4.78, 5) is 44.4. The lowest BCUT2D eigenvalue weighted by Crippen LogP contribution is -2.39. The number of aromatic nitrogens is 3. The van der Waals surface area contributed by atoms with Crippen LogP contribution in [0.2, 0.25) is 0 Å². The maximum Gasteiger partial charge on any atom is 0.253 e. The molecule has 2 amide bonds. The van der Waals surface area contributed by atoms with Gasteiger partial charge in [-0.3, -0.25) is 14.6 Å². The molecular formula is C25H30N6O2. The van der Waals surface area contributed by atoms with Crippen molar-refractivity contribution < 1.29 is 9.59 Å². The molecular weight excluding hydrogens is 416 g/mol. The van der Waals surface area contributed by atoms with Crippen LogP contribution in [0, 0.1) is 0 Å². The third-order valence-corrected chi connectivity index (χ3v) is 6.10. The van der Waals surface area contributed by atoms with Crippen LogP contribution in [0.1, 0.15) is 47.6 Å². The first kappa shape index (κ1) is 22.6. The van der Waals surface area contributed by atoms with Crippen LogP contribution in [-0.4, -0.2) is 70.8 Å². The molecule has 0 radical (unpaired) electrons. The van der Waals surface area contributed by atoms with E-state index in [-0.39, 0.29) is 17.7 Å². The van der Waals surface area contributed by atoms with E-state index in [0.717, 1.165) is 41.1 Å². The van der Waals surface area contributed by atoms with E-state index in [9.17, 15) is 9.59 Å². The molecule has 1 aliphatic heterocycles. The predicted molar refractivity (Wildman–Crippen MR) is 128 cm³/mol. The summed E-state index contributed by atoms with van der Waals surface area (Å²) in [7, 11) is 5.64. The number of rotatable bonds is 5. The third-order valence-electron chi connectivity index (χ3n) is 6.10. The normalized spacial score (nSPS) is 16.0. The van der Waals surface area contributed by atoms with E-state index in [1.807, 2.05) is 60.3 Å². The highest BCUT2D eigenvalue weighted by molar-refractivity contribution is 5.98. The van der Waals surface area contributed by atoms with Gasteiger partial charge < -0.3 is 14.7 Å². The molecule has 3 heterocycles. The van der Waals surface area contributed by atoms with Gasteiger partial charge in [-0.2, -0.15) is 0 Å². The summed E-state index contributed by atoms with van der Waals surface area (Å²) in [5, 5.41) is 0.957. The van der Waals surface area contributed by atoms with E-state index in [1.54, 1.807) is 25.1 Å². The highest BCUT2D eigenvalue weighted by atomic mass is 16.2. The van der Waals surface area contributed by atoms with Gasteiger partial charge in [-0.25, -0.2) is 9.97 Å². The zero-order chi connectivity index (χ0) is 23.5. The van der Waals surface area contributed by atoms with Gasteiger partial charge >= 0.3 is 0 Å². The number of carbonyl (C=O) groups is 2. The summed E-state index contributed by atoms with van der Waals surface area (Å²) in [5.41, 5.74) is 2.34. The molecule has 0 spiro atoms. The molecule has 4 rings (SSSR count). The van der Waals surface area contributed by atoms with Crippen LogP contribution in [0.4, 0.5) is 5.82 Å². The van der Waals surface area contributed by atoms with Gasteiger partial charge in [-0.1, -0.05) is 6.07 Å². The van der Waals surface area contributed by atoms with E-state index >= 15 is 0 Å². The molecule has 0 unspecified atom stereocenters. The molecule has 1 fully saturated rings. The highest BCUT2D eigenvalue weighted by Gasteiger charge is 2.28. The van der Waals surface area contributed by atoms with Gasteiger partial charge in [0.05, 0.1) is 17.8 Å². The summed E-state index contributed by atoms with van der Waals surface area (Å²) < 4.78 is 0. The summed E-state index contributed by atoms with van der Waals surface area (Å²) in [6, 6.07) is 11.4. The number of hydrogen-bond acceptors (Lipinski definition) is 6. The fourth-order valence-electron chi connectivity index (χ4n) is 4.11. The van der Waals surface area contributed by atoms with Crippen LogP contribution in [0.3, 0.4) is 0 Å². The highest BCUT2D eigenvalue weighted by Crippen LogP contribution is 2.28. The maximum absolute atomic E-state index is 13.3. The van der Waals surface area contributed by atoms with Crippen molar-refractivity contribution in [2.45, 2.75) is 32.2 Å². The Morgan fingerprint density at radius 2 is 1.94 bits per heavy atom. The summed E-state index contributed by atoms with van der Waals surface area (Å²) in [6.07, 6.45) is 3.57. The van der Waals surface area contributed by atoms with Crippen LogP contribution in [0.5, 0.6) is 0 Å². The third kappa shape index (κ3) is 5.10.